The van der Waals surface area contributed by atoms with Crippen LogP contribution in [0.25, 0.3) is 0 Å². The number of hydrogen-bond acceptors (Lipinski definition) is 36. The summed E-state index contributed by atoms with van der Waals surface area (Å²) < 4.78 is 79.5. The fourth-order valence-electron chi connectivity index (χ4n) is 19.1. The van der Waals surface area contributed by atoms with Crippen LogP contribution < -0.4 is 0 Å². The standard InChI is InChI=1S/C42H70O35.C27H46O/c43-1-8-29-15(50)22(57)36(64-8)72-30-9(2-44)66-38(24(59)17(30)52)74-32-11(4-46)68-40(26(61)19(32)54)76-34-13(6-48)70-42(28(63)21(34)56)77-35-14(7-49)69-41(27(62)20(35)55)75-33-12(5-47)67-39(25(60)18(33)53)73-31-10(3-45)65-37(71-29)23(58)16(31)51;1-18(2)7-6-8-19(3)23-11-12-24-22-10-9-20-17-21(28)13-15-26(20,4)25(22)14-16-27(23,24)5/h8-63H,1-7H2;9,18-19,21-25,28H,6-8,10-17H2,1-5H3/t8-,9-,10-,11-,12-,13-,14-,15-,16-,17-,18-,19-,20-,21-,22-,23-,24-,25-,26-,27-,28-,29-,30-,31-,32-,33-,34-,35-,36-,37-,38-,39-,40-,41-,42-;19-,21+,22+,23-,24+,25+,26+,27-/m11/s1. The molecule has 0 radical (unpaired) electrons. The van der Waals surface area contributed by atoms with Crippen molar-refractivity contribution in [3.05, 3.63) is 11.6 Å². The van der Waals surface area contributed by atoms with Gasteiger partial charge in [-0.1, -0.05) is 65.5 Å². The average Bonchev–Trinajstić information content (AvgIpc) is 1.71. The van der Waals surface area contributed by atoms with Gasteiger partial charge in [-0.2, -0.15) is 0 Å². The summed E-state index contributed by atoms with van der Waals surface area (Å²) in [4.78, 5) is 0. The van der Waals surface area contributed by atoms with Crippen LogP contribution >= 0.6 is 0 Å². The van der Waals surface area contributed by atoms with Crippen molar-refractivity contribution in [2.24, 2.45) is 46.3 Å². The van der Waals surface area contributed by atoms with E-state index in [1.807, 2.05) is 0 Å². The molecule has 21 aliphatic heterocycles. The molecule has 43 atom stereocenters. The van der Waals surface area contributed by atoms with E-state index in [0.29, 0.717) is 10.8 Å². The Balaban J connectivity index is 0.000000326. The molecule has 0 unspecified atom stereocenters. The smallest absolute Gasteiger partial charge is 0.187 e. The lowest BCUT2D eigenvalue weighted by molar-refractivity contribution is -0.396. The van der Waals surface area contributed by atoms with Gasteiger partial charge >= 0.3 is 0 Å². The van der Waals surface area contributed by atoms with Crippen molar-refractivity contribution in [3.63, 3.8) is 0 Å². The summed E-state index contributed by atoms with van der Waals surface area (Å²) in [5.74, 6) is 5.46. The van der Waals surface area contributed by atoms with Crippen LogP contribution in [0, 0.1) is 46.3 Å². The monoisotopic (exact) mass is 1520 g/mol. The molecule has 25 rings (SSSR count). The maximum atomic E-state index is 11.3. The maximum absolute atomic E-state index is 11.3. The number of hydrogen-bond donors (Lipinski definition) is 22. The van der Waals surface area contributed by atoms with Crippen molar-refractivity contribution in [2.45, 2.75) is 326 Å². The molecule has 0 spiro atoms. The van der Waals surface area contributed by atoms with E-state index in [1.54, 1.807) is 5.57 Å². The molecule has 36 heteroatoms. The number of aliphatic hydroxyl groups is 22. The highest BCUT2D eigenvalue weighted by Gasteiger charge is 2.62. The molecule has 14 bridgehead atoms. The Kier molecular flexibility index (Phi) is 28.4. The van der Waals surface area contributed by atoms with Gasteiger partial charge in [-0.3, -0.25) is 0 Å². The van der Waals surface area contributed by atoms with Crippen LogP contribution in [0.15, 0.2) is 11.6 Å². The number of ether oxygens (including phenoxy) is 14. The Labute approximate surface area is 607 Å². The molecule has 0 aromatic carbocycles. The third-order valence-corrected chi connectivity index (χ3v) is 25.1. The van der Waals surface area contributed by atoms with E-state index in [-0.39, 0.29) is 6.10 Å². The third kappa shape index (κ3) is 16.7. The summed E-state index contributed by atoms with van der Waals surface area (Å²) >= 11 is 0. The topological polar surface area (TPSA) is 574 Å². The predicted octanol–water partition coefficient (Wildman–Crippen LogP) is -7.84. The molecule has 0 aromatic rings. The highest BCUT2D eigenvalue weighted by molar-refractivity contribution is 5.25. The van der Waals surface area contributed by atoms with Gasteiger partial charge in [0.05, 0.1) is 52.4 Å². The van der Waals surface area contributed by atoms with Crippen LogP contribution in [0.4, 0.5) is 0 Å². The minimum atomic E-state index is -2.21. The molecule has 0 amide bonds. The molecule has 25 aliphatic rings. The minimum Gasteiger partial charge on any atom is -0.394 e. The molecule has 4 aliphatic carbocycles. The average molecular weight is 1520 g/mol. The van der Waals surface area contributed by atoms with Crippen LogP contribution in [-0.2, 0) is 66.3 Å². The molecule has 21 heterocycles. The first-order chi connectivity index (χ1) is 49.9. The summed E-state index contributed by atoms with van der Waals surface area (Å²) in [6.07, 6.45) is -53.1. The molecule has 21 saturated heterocycles. The van der Waals surface area contributed by atoms with E-state index in [9.17, 15) is 112 Å². The molecule has 0 aromatic heterocycles. The van der Waals surface area contributed by atoms with Crippen molar-refractivity contribution >= 4 is 0 Å². The summed E-state index contributed by atoms with van der Waals surface area (Å²) in [5.41, 5.74) is 2.60. The fraction of sp³-hybridized carbons (Fsp3) is 0.971. The van der Waals surface area contributed by atoms with E-state index in [4.69, 9.17) is 66.3 Å². The zero-order chi connectivity index (χ0) is 76.2. The summed E-state index contributed by atoms with van der Waals surface area (Å²) in [5, 5.41) is 240. The van der Waals surface area contributed by atoms with Crippen LogP contribution in [0.2, 0.25) is 0 Å². The maximum Gasteiger partial charge on any atom is 0.187 e. The van der Waals surface area contributed by atoms with Gasteiger partial charge in [0.25, 0.3) is 0 Å². The summed E-state index contributed by atoms with van der Waals surface area (Å²) in [6, 6.07) is 0. The molecule has 22 N–H and O–H groups in total. The van der Waals surface area contributed by atoms with E-state index in [0.717, 1.165) is 48.3 Å². The van der Waals surface area contributed by atoms with Crippen LogP contribution in [0.5, 0.6) is 0 Å². The number of rotatable bonds is 12. The lowest BCUT2D eigenvalue weighted by atomic mass is 9.47. The highest BCUT2D eigenvalue weighted by Crippen LogP contribution is 2.67. The molecular weight excluding hydrogens is 1400 g/mol. The zero-order valence-corrected chi connectivity index (χ0v) is 59.6. The second kappa shape index (κ2) is 35.4. The van der Waals surface area contributed by atoms with Crippen LogP contribution in [0.1, 0.15) is 105 Å². The first-order valence-corrected chi connectivity index (χ1v) is 37.2. The van der Waals surface area contributed by atoms with E-state index in [1.165, 1.54) is 57.8 Å². The van der Waals surface area contributed by atoms with Gasteiger partial charge in [0.15, 0.2) is 44.0 Å². The van der Waals surface area contributed by atoms with Crippen molar-refractivity contribution in [2.75, 3.05) is 46.2 Å². The van der Waals surface area contributed by atoms with Gasteiger partial charge in [-0.15, -0.1) is 0 Å². The van der Waals surface area contributed by atoms with Crippen LogP contribution in [-0.4, -0.2) is 380 Å². The van der Waals surface area contributed by atoms with E-state index in [2.05, 4.69) is 40.7 Å². The largest absolute Gasteiger partial charge is 0.394 e. The van der Waals surface area contributed by atoms with Crippen molar-refractivity contribution < 1.29 is 179 Å². The molecule has 24 fully saturated rings. The molecule has 105 heavy (non-hydrogen) atoms. The number of aliphatic hydroxyl groups excluding tert-OH is 22. The lowest BCUT2D eigenvalue weighted by Gasteiger charge is -2.58. The Hall–Kier alpha value is -1.70. The van der Waals surface area contributed by atoms with Crippen molar-refractivity contribution in [1.29, 1.82) is 0 Å². The molecule has 36 nitrogen and oxygen atoms in total. The summed E-state index contributed by atoms with van der Waals surface area (Å²) in [7, 11) is 0. The van der Waals surface area contributed by atoms with Gasteiger partial charge < -0.3 is 179 Å². The van der Waals surface area contributed by atoms with E-state index < -0.39 is 261 Å². The SMILES string of the molecule is CC(C)CCC[C@@H](C)[C@H]1CC[C@H]2[C@@H]3CC=C4C[C@@H](O)CC[C@]4(C)[C@H]3CC[C@]12C.OC[C@H]1O[C@@H]2O[C@H]3[C@H](O)[C@@H](O)[C@@H](O[C@H]4[C@H](O)[C@@H](O)[C@@H](O[C@H]5[C@H](O)[C@@H](O)[C@@H](O[C@H]6[C@H](O)[C@@H](O)[C@@H](O[C@H]7[C@H](O)[C@@H](O)[C@@H](O[C@H]8[C@H](O)[C@@H](O)[C@@H](O[C@H]1[C@H](O)[C@H]2O)O[C@@H]8CO)O[C@@H]7CO)O[C@@H]6CO)O[C@@H]5CO)O[C@@H]4CO)O[C@@H]3CO. The lowest BCUT2D eigenvalue weighted by Crippen LogP contribution is -2.68. The summed E-state index contributed by atoms with van der Waals surface area (Å²) in [6.45, 7) is 5.24. The quantitative estimate of drug-likeness (QED) is 0.0807. The number of allylic oxidation sites excluding steroid dienone is 1. The highest BCUT2D eigenvalue weighted by atomic mass is 16.8. The van der Waals surface area contributed by atoms with Crippen molar-refractivity contribution in [1.82, 2.24) is 0 Å². The van der Waals surface area contributed by atoms with Gasteiger partial charge in [-0.25, -0.2) is 0 Å². The van der Waals surface area contributed by atoms with Gasteiger partial charge in [0, 0.05) is 0 Å². The fourth-order valence-corrected chi connectivity index (χ4v) is 19.1. The zero-order valence-electron chi connectivity index (χ0n) is 59.6. The van der Waals surface area contributed by atoms with Crippen LogP contribution in [0.3, 0.4) is 0 Å². The second-order valence-electron chi connectivity index (χ2n) is 31.8. The first-order valence-electron chi connectivity index (χ1n) is 37.2. The Bertz CT molecular complexity index is 2380. The molecular formula is C69H116O36. The molecule has 3 saturated carbocycles. The minimum absolute atomic E-state index is 0.0766. The van der Waals surface area contributed by atoms with Gasteiger partial charge in [0.2, 0.25) is 0 Å². The predicted molar refractivity (Wildman–Crippen MR) is 347 cm³/mol. The number of fused-ring (bicyclic) bond motifs is 5. The Morgan fingerprint density at radius 2 is 0.629 bits per heavy atom. The normalized spacial score (nSPS) is 53.0. The van der Waals surface area contributed by atoms with Gasteiger partial charge in [0.1, 0.15) is 171 Å². The Morgan fingerprint density at radius 3 is 0.895 bits per heavy atom. The van der Waals surface area contributed by atoms with Gasteiger partial charge in [-0.05, 0) is 97.7 Å². The van der Waals surface area contributed by atoms with Crippen molar-refractivity contribution in [3.8, 4) is 0 Å². The molecule has 608 valence electrons. The Morgan fingerprint density at radius 1 is 0.343 bits per heavy atom. The van der Waals surface area contributed by atoms with E-state index >= 15 is 0 Å². The third-order valence-electron chi connectivity index (χ3n) is 25.1. The second-order valence-corrected chi connectivity index (χ2v) is 31.8. The first kappa shape index (κ1) is 84.2.